The summed E-state index contributed by atoms with van der Waals surface area (Å²) in [6, 6.07) is 7.58. The van der Waals surface area contributed by atoms with Crippen molar-refractivity contribution in [3.63, 3.8) is 0 Å². The Labute approximate surface area is 195 Å². The van der Waals surface area contributed by atoms with Gasteiger partial charge in [0.1, 0.15) is 23.1 Å². The van der Waals surface area contributed by atoms with Gasteiger partial charge < -0.3 is 29.6 Å². The summed E-state index contributed by atoms with van der Waals surface area (Å²) in [4.78, 5) is 39.7. The normalized spacial score (nSPS) is 16.7. The molecular weight excluding hydrogens is 436 g/mol. The van der Waals surface area contributed by atoms with Crippen molar-refractivity contribution >= 4 is 23.6 Å². The van der Waals surface area contributed by atoms with Gasteiger partial charge in [0.15, 0.2) is 6.73 Å². The van der Waals surface area contributed by atoms with E-state index in [2.05, 4.69) is 15.3 Å². The third-order valence-electron chi connectivity index (χ3n) is 6.43. The number of aromatic nitrogens is 3. The van der Waals surface area contributed by atoms with Crippen LogP contribution in [0.15, 0.2) is 30.5 Å². The molecule has 0 atom stereocenters. The van der Waals surface area contributed by atoms with E-state index in [-0.39, 0.29) is 11.8 Å². The predicted octanol–water partition coefficient (Wildman–Crippen LogP) is 2.74. The lowest BCUT2D eigenvalue weighted by Gasteiger charge is -2.29. The number of fused-ring (bicyclic) bond motifs is 3. The van der Waals surface area contributed by atoms with E-state index in [9.17, 15) is 9.59 Å². The van der Waals surface area contributed by atoms with Gasteiger partial charge in [-0.25, -0.2) is 9.97 Å². The molecule has 0 saturated heterocycles. The van der Waals surface area contributed by atoms with Crippen molar-refractivity contribution < 1.29 is 19.1 Å². The minimum Gasteiger partial charge on any atom is -0.473 e. The number of imidazole rings is 1. The van der Waals surface area contributed by atoms with Gasteiger partial charge in [-0.05, 0) is 30.7 Å². The Kier molecular flexibility index (Phi) is 4.86. The van der Waals surface area contributed by atoms with E-state index >= 15 is 0 Å². The summed E-state index contributed by atoms with van der Waals surface area (Å²) in [7, 11) is 0. The molecule has 2 aromatic heterocycles. The lowest BCUT2D eigenvalue weighted by atomic mass is 10.1. The van der Waals surface area contributed by atoms with Gasteiger partial charge in [-0.1, -0.05) is 0 Å². The van der Waals surface area contributed by atoms with Crippen molar-refractivity contribution in [2.45, 2.75) is 39.3 Å². The number of hydrogen-bond donors (Lipinski definition) is 2. The number of nitrogens with one attached hydrogen (secondary N) is 2. The average Bonchev–Trinajstić information content (AvgIpc) is 3.27. The summed E-state index contributed by atoms with van der Waals surface area (Å²) < 4.78 is 12.2. The van der Waals surface area contributed by atoms with Crippen LogP contribution < -0.4 is 19.7 Å². The number of benzene rings is 1. The third-order valence-corrected chi connectivity index (χ3v) is 6.43. The van der Waals surface area contributed by atoms with E-state index in [1.807, 2.05) is 34.1 Å². The smallest absolute Gasteiger partial charge is 0.225 e. The van der Waals surface area contributed by atoms with Crippen molar-refractivity contribution in [3.05, 3.63) is 53.0 Å². The number of hydrogen-bond acceptors (Lipinski definition) is 7. The van der Waals surface area contributed by atoms with E-state index in [1.165, 1.54) is 0 Å². The zero-order chi connectivity index (χ0) is 23.2. The highest BCUT2D eigenvalue weighted by Gasteiger charge is 2.26. The summed E-state index contributed by atoms with van der Waals surface area (Å²) in [5.74, 6) is 3.53. The Morgan fingerprint density at radius 3 is 2.97 bits per heavy atom. The zero-order valence-electron chi connectivity index (χ0n) is 18.8. The van der Waals surface area contributed by atoms with Crippen LogP contribution >= 0.6 is 0 Å². The number of H-pyrrole nitrogens is 1. The van der Waals surface area contributed by atoms with E-state index in [0.29, 0.717) is 56.5 Å². The van der Waals surface area contributed by atoms with Crippen LogP contribution in [0.3, 0.4) is 0 Å². The quantitative estimate of drug-likeness (QED) is 0.618. The number of amides is 2. The van der Waals surface area contributed by atoms with Crippen LogP contribution in [0.1, 0.15) is 35.9 Å². The number of pyridine rings is 1. The molecule has 0 spiro atoms. The Morgan fingerprint density at radius 2 is 2.09 bits per heavy atom. The summed E-state index contributed by atoms with van der Waals surface area (Å²) in [6.45, 7) is 3.83. The molecule has 3 aromatic rings. The topological polar surface area (TPSA) is 113 Å². The molecule has 0 saturated carbocycles. The Balaban J connectivity index is 1.21. The van der Waals surface area contributed by atoms with Gasteiger partial charge in [-0.3, -0.25) is 9.59 Å². The first kappa shape index (κ1) is 20.5. The van der Waals surface area contributed by atoms with Crippen LogP contribution in [-0.2, 0) is 35.5 Å². The van der Waals surface area contributed by atoms with Gasteiger partial charge in [0.2, 0.25) is 17.8 Å². The second-order valence-corrected chi connectivity index (χ2v) is 8.70. The fraction of sp³-hybridized carbons (Fsp3) is 0.333. The van der Waals surface area contributed by atoms with Crippen molar-refractivity contribution in [1.29, 1.82) is 0 Å². The molecule has 0 bridgehead atoms. The molecular formula is C24H24N6O4. The number of carbonyl (C=O) groups excluding carboxylic acids is 2. The Morgan fingerprint density at radius 1 is 1.18 bits per heavy atom. The van der Waals surface area contributed by atoms with E-state index in [4.69, 9.17) is 14.5 Å². The highest BCUT2D eigenvalue weighted by atomic mass is 16.5. The maximum atomic E-state index is 11.7. The number of nitrogens with zero attached hydrogens (tertiary/aromatic N) is 4. The van der Waals surface area contributed by atoms with Crippen molar-refractivity contribution in [2.24, 2.45) is 0 Å². The van der Waals surface area contributed by atoms with Crippen molar-refractivity contribution in [3.8, 4) is 17.2 Å². The van der Waals surface area contributed by atoms with Crippen LogP contribution in [0, 0.1) is 0 Å². The van der Waals surface area contributed by atoms with Crippen molar-refractivity contribution in [2.75, 3.05) is 23.5 Å². The second kappa shape index (κ2) is 8.05. The molecule has 2 N–H and O–H groups in total. The van der Waals surface area contributed by atoms with Crippen LogP contribution in [0.2, 0.25) is 0 Å². The lowest BCUT2D eigenvalue weighted by molar-refractivity contribution is -0.129. The monoisotopic (exact) mass is 460 g/mol. The molecule has 6 rings (SSSR count). The van der Waals surface area contributed by atoms with Gasteiger partial charge in [-0.15, -0.1) is 0 Å². The van der Waals surface area contributed by atoms with E-state index < -0.39 is 0 Å². The number of aromatic amines is 1. The third kappa shape index (κ3) is 3.70. The number of ether oxygens (including phenoxy) is 2. The maximum absolute atomic E-state index is 11.7. The molecule has 0 aliphatic carbocycles. The molecule has 10 heteroatoms. The molecule has 174 valence electrons. The van der Waals surface area contributed by atoms with Crippen LogP contribution in [0.5, 0.6) is 17.2 Å². The van der Waals surface area contributed by atoms with Gasteiger partial charge in [0.25, 0.3) is 0 Å². The van der Waals surface area contributed by atoms with E-state index in [1.54, 1.807) is 13.1 Å². The average molecular weight is 460 g/mol. The molecule has 10 nitrogen and oxygen atoms in total. The SMILES string of the molecule is CC(=O)N1CCc2nc(N3COc4ccc(Oc5ccnc6c5CCC(=O)N6)cc4C3)[nH]c2C1. The molecule has 2 amide bonds. The van der Waals surface area contributed by atoms with Gasteiger partial charge in [0, 0.05) is 43.6 Å². The largest absolute Gasteiger partial charge is 0.473 e. The van der Waals surface area contributed by atoms with Crippen LogP contribution in [0.25, 0.3) is 0 Å². The minimum absolute atomic E-state index is 0.0308. The molecule has 34 heavy (non-hydrogen) atoms. The zero-order valence-corrected chi connectivity index (χ0v) is 18.8. The highest BCUT2D eigenvalue weighted by Crippen LogP contribution is 2.36. The predicted molar refractivity (Wildman–Crippen MR) is 123 cm³/mol. The molecule has 0 fully saturated rings. The first-order valence-corrected chi connectivity index (χ1v) is 11.3. The molecule has 0 radical (unpaired) electrons. The molecule has 3 aliphatic rings. The molecule has 5 heterocycles. The summed E-state index contributed by atoms with van der Waals surface area (Å²) in [6.07, 6.45) is 3.38. The highest BCUT2D eigenvalue weighted by molar-refractivity contribution is 5.93. The van der Waals surface area contributed by atoms with Gasteiger partial charge in [-0.2, -0.15) is 0 Å². The lowest BCUT2D eigenvalue weighted by Crippen LogP contribution is -2.34. The van der Waals surface area contributed by atoms with E-state index in [0.717, 1.165) is 40.6 Å². The Hall–Kier alpha value is -4.08. The second-order valence-electron chi connectivity index (χ2n) is 8.70. The summed E-state index contributed by atoms with van der Waals surface area (Å²) in [5, 5.41) is 2.80. The molecule has 0 unspecified atom stereocenters. The number of carbonyl (C=O) groups is 2. The van der Waals surface area contributed by atoms with Gasteiger partial charge in [0.05, 0.1) is 24.5 Å². The van der Waals surface area contributed by atoms with Gasteiger partial charge >= 0.3 is 0 Å². The first-order valence-electron chi connectivity index (χ1n) is 11.3. The van der Waals surface area contributed by atoms with Crippen molar-refractivity contribution in [1.82, 2.24) is 19.9 Å². The minimum atomic E-state index is -0.0308. The molecule has 3 aliphatic heterocycles. The summed E-state index contributed by atoms with van der Waals surface area (Å²) in [5.41, 5.74) is 3.87. The number of rotatable bonds is 3. The van der Waals surface area contributed by atoms with Crippen LogP contribution in [0.4, 0.5) is 11.8 Å². The number of anilines is 2. The maximum Gasteiger partial charge on any atom is 0.225 e. The molecule has 1 aromatic carbocycles. The Bertz CT molecular complexity index is 1300. The standard InChI is InChI=1S/C24H24N6O4/c1-14(31)29-9-7-18-19(12-29)27-24(26-18)30-11-15-10-16(2-4-20(15)33-13-30)34-21-6-8-25-23-17(21)3-5-22(32)28-23/h2,4,6,8,10H,3,5,7,9,11-13H2,1H3,(H,26,27)(H,25,28,32). The summed E-state index contributed by atoms with van der Waals surface area (Å²) >= 11 is 0. The fourth-order valence-corrected chi connectivity index (χ4v) is 4.60. The fourth-order valence-electron chi connectivity index (χ4n) is 4.60. The first-order chi connectivity index (χ1) is 16.5. The van der Waals surface area contributed by atoms with Crippen LogP contribution in [-0.4, -0.2) is 44.9 Å².